The zero-order chi connectivity index (χ0) is 19.2. The fourth-order valence-electron chi connectivity index (χ4n) is 3.35. The Hall–Kier alpha value is -2.53. The van der Waals surface area contributed by atoms with Gasteiger partial charge in [0.05, 0.1) is 5.69 Å². The van der Waals surface area contributed by atoms with Crippen molar-refractivity contribution in [2.24, 2.45) is 7.05 Å². The van der Waals surface area contributed by atoms with Crippen LogP contribution in [0, 0.1) is 11.6 Å². The Morgan fingerprint density at radius 2 is 1.89 bits per heavy atom. The third kappa shape index (κ3) is 5.01. The molecule has 1 unspecified atom stereocenters. The SMILES string of the molecule is CC(Cc1ccc(F)c(F)c1)NCCCc1ccccc1-c1ccnn1C. The van der Waals surface area contributed by atoms with E-state index in [9.17, 15) is 8.78 Å². The third-order valence-corrected chi connectivity index (χ3v) is 4.76. The van der Waals surface area contributed by atoms with Crippen molar-refractivity contribution in [3.8, 4) is 11.3 Å². The van der Waals surface area contributed by atoms with Crippen molar-refractivity contribution in [2.45, 2.75) is 32.2 Å². The molecule has 5 heteroatoms. The summed E-state index contributed by atoms with van der Waals surface area (Å²) in [5, 5.41) is 7.73. The molecule has 0 saturated heterocycles. The van der Waals surface area contributed by atoms with Crippen molar-refractivity contribution in [1.29, 1.82) is 0 Å². The molecular weight excluding hydrogens is 344 g/mol. The van der Waals surface area contributed by atoms with Gasteiger partial charge in [0.1, 0.15) is 0 Å². The minimum absolute atomic E-state index is 0.196. The Balaban J connectivity index is 1.50. The second-order valence-corrected chi connectivity index (χ2v) is 6.91. The molecular formula is C22H25F2N3. The summed E-state index contributed by atoms with van der Waals surface area (Å²) in [6.45, 7) is 2.93. The highest BCUT2D eigenvalue weighted by Crippen LogP contribution is 2.23. The molecule has 2 aromatic carbocycles. The Kier molecular flexibility index (Phi) is 6.35. The summed E-state index contributed by atoms with van der Waals surface area (Å²) in [6.07, 6.45) is 4.44. The number of nitrogens with one attached hydrogen (secondary N) is 1. The summed E-state index contributed by atoms with van der Waals surface area (Å²) >= 11 is 0. The molecule has 1 atom stereocenters. The summed E-state index contributed by atoms with van der Waals surface area (Å²) in [5.74, 6) is -1.59. The molecule has 0 saturated carbocycles. The highest BCUT2D eigenvalue weighted by Gasteiger charge is 2.09. The molecule has 0 fully saturated rings. The van der Waals surface area contributed by atoms with Crippen LogP contribution in [0.2, 0.25) is 0 Å². The molecule has 0 radical (unpaired) electrons. The Bertz CT molecular complexity index is 889. The summed E-state index contributed by atoms with van der Waals surface area (Å²) in [5.41, 5.74) is 4.43. The smallest absolute Gasteiger partial charge is 0.159 e. The van der Waals surface area contributed by atoms with Gasteiger partial charge < -0.3 is 5.32 Å². The maximum atomic E-state index is 13.3. The van der Waals surface area contributed by atoms with Crippen LogP contribution in [0.1, 0.15) is 24.5 Å². The second kappa shape index (κ2) is 8.91. The average Bonchev–Trinajstić information content (AvgIpc) is 3.08. The van der Waals surface area contributed by atoms with Gasteiger partial charge in [-0.15, -0.1) is 0 Å². The number of aromatic nitrogens is 2. The molecule has 1 heterocycles. The predicted molar refractivity (Wildman–Crippen MR) is 104 cm³/mol. The van der Waals surface area contributed by atoms with E-state index in [0.29, 0.717) is 6.42 Å². The third-order valence-electron chi connectivity index (χ3n) is 4.76. The molecule has 3 aromatic rings. The van der Waals surface area contributed by atoms with E-state index in [1.165, 1.54) is 23.3 Å². The average molecular weight is 369 g/mol. The number of aryl methyl sites for hydroxylation is 2. The van der Waals surface area contributed by atoms with Crippen LogP contribution in [0.3, 0.4) is 0 Å². The quantitative estimate of drug-likeness (QED) is 0.592. The van der Waals surface area contributed by atoms with E-state index in [-0.39, 0.29) is 6.04 Å². The van der Waals surface area contributed by atoms with Crippen molar-refractivity contribution in [2.75, 3.05) is 6.54 Å². The van der Waals surface area contributed by atoms with Gasteiger partial charge >= 0.3 is 0 Å². The highest BCUT2D eigenvalue weighted by molar-refractivity contribution is 5.63. The fraction of sp³-hybridized carbons (Fsp3) is 0.318. The van der Waals surface area contributed by atoms with Gasteiger partial charge in [0.15, 0.2) is 11.6 Å². The van der Waals surface area contributed by atoms with Crippen LogP contribution >= 0.6 is 0 Å². The maximum absolute atomic E-state index is 13.3. The molecule has 27 heavy (non-hydrogen) atoms. The number of rotatable bonds is 8. The lowest BCUT2D eigenvalue weighted by atomic mass is 10.00. The zero-order valence-corrected chi connectivity index (χ0v) is 15.8. The van der Waals surface area contributed by atoms with E-state index >= 15 is 0 Å². The molecule has 142 valence electrons. The van der Waals surface area contributed by atoms with E-state index in [1.54, 1.807) is 6.07 Å². The fourth-order valence-corrected chi connectivity index (χ4v) is 3.35. The molecule has 1 N–H and O–H groups in total. The van der Waals surface area contributed by atoms with Crippen molar-refractivity contribution in [3.05, 3.63) is 77.5 Å². The van der Waals surface area contributed by atoms with Crippen LogP contribution in [0.25, 0.3) is 11.3 Å². The molecule has 0 aliphatic heterocycles. The first-order valence-electron chi connectivity index (χ1n) is 9.28. The van der Waals surface area contributed by atoms with E-state index < -0.39 is 11.6 Å². The first-order chi connectivity index (χ1) is 13.0. The number of nitrogens with zero attached hydrogens (tertiary/aromatic N) is 2. The minimum atomic E-state index is -0.800. The van der Waals surface area contributed by atoms with Gasteiger partial charge in [-0.2, -0.15) is 5.10 Å². The number of hydrogen-bond donors (Lipinski definition) is 1. The molecule has 0 aliphatic rings. The Labute approximate surface area is 159 Å². The largest absolute Gasteiger partial charge is 0.314 e. The normalized spacial score (nSPS) is 12.3. The van der Waals surface area contributed by atoms with Gasteiger partial charge in [-0.05, 0) is 62.1 Å². The monoisotopic (exact) mass is 369 g/mol. The van der Waals surface area contributed by atoms with Gasteiger partial charge in [0, 0.05) is 24.8 Å². The minimum Gasteiger partial charge on any atom is -0.314 e. The van der Waals surface area contributed by atoms with Crippen molar-refractivity contribution in [3.63, 3.8) is 0 Å². The van der Waals surface area contributed by atoms with Gasteiger partial charge in [-0.3, -0.25) is 4.68 Å². The summed E-state index contributed by atoms with van der Waals surface area (Å²) in [7, 11) is 1.95. The van der Waals surface area contributed by atoms with Crippen LogP contribution < -0.4 is 5.32 Å². The first kappa shape index (κ1) is 19.2. The van der Waals surface area contributed by atoms with Crippen LogP contribution in [-0.4, -0.2) is 22.4 Å². The number of halogens is 2. The van der Waals surface area contributed by atoms with E-state index in [1.807, 2.05) is 30.1 Å². The summed E-state index contributed by atoms with van der Waals surface area (Å²) < 4.78 is 28.2. The van der Waals surface area contributed by atoms with Crippen molar-refractivity contribution in [1.82, 2.24) is 15.1 Å². The van der Waals surface area contributed by atoms with Crippen LogP contribution in [-0.2, 0) is 19.9 Å². The molecule has 0 spiro atoms. The standard InChI is InChI=1S/C22H25F2N3/c1-16(14-17-9-10-20(23)21(24)15-17)25-12-5-7-18-6-3-4-8-19(18)22-11-13-26-27(22)2/h3-4,6,8-11,13,15-16,25H,5,7,12,14H2,1-2H3. The van der Waals surface area contributed by atoms with E-state index in [4.69, 9.17) is 0 Å². The van der Waals surface area contributed by atoms with E-state index in [0.717, 1.165) is 30.6 Å². The van der Waals surface area contributed by atoms with Crippen LogP contribution in [0.4, 0.5) is 8.78 Å². The second-order valence-electron chi connectivity index (χ2n) is 6.91. The van der Waals surface area contributed by atoms with Gasteiger partial charge in [-0.25, -0.2) is 8.78 Å². The Morgan fingerprint density at radius 3 is 2.63 bits per heavy atom. The molecule has 3 nitrogen and oxygen atoms in total. The van der Waals surface area contributed by atoms with Gasteiger partial charge in [-0.1, -0.05) is 30.3 Å². The summed E-state index contributed by atoms with van der Waals surface area (Å²) in [4.78, 5) is 0. The predicted octanol–water partition coefficient (Wildman–Crippen LogP) is 4.52. The Morgan fingerprint density at radius 1 is 1.07 bits per heavy atom. The lowest BCUT2D eigenvalue weighted by Gasteiger charge is -2.15. The molecule has 3 rings (SSSR count). The number of hydrogen-bond acceptors (Lipinski definition) is 2. The van der Waals surface area contributed by atoms with Gasteiger partial charge in [0.25, 0.3) is 0 Å². The number of benzene rings is 2. The molecule has 0 amide bonds. The molecule has 0 bridgehead atoms. The maximum Gasteiger partial charge on any atom is 0.159 e. The lowest BCUT2D eigenvalue weighted by Crippen LogP contribution is -2.29. The van der Waals surface area contributed by atoms with E-state index in [2.05, 4.69) is 35.5 Å². The lowest BCUT2D eigenvalue weighted by molar-refractivity contribution is 0.501. The van der Waals surface area contributed by atoms with Crippen LogP contribution in [0.15, 0.2) is 54.7 Å². The van der Waals surface area contributed by atoms with Crippen LogP contribution in [0.5, 0.6) is 0 Å². The zero-order valence-electron chi connectivity index (χ0n) is 15.8. The van der Waals surface area contributed by atoms with Gasteiger partial charge in [0.2, 0.25) is 0 Å². The van der Waals surface area contributed by atoms with Crippen molar-refractivity contribution < 1.29 is 8.78 Å². The van der Waals surface area contributed by atoms with Crippen molar-refractivity contribution >= 4 is 0 Å². The summed E-state index contributed by atoms with van der Waals surface area (Å²) in [6, 6.07) is 14.7. The molecule has 1 aromatic heterocycles. The molecule has 0 aliphatic carbocycles. The highest BCUT2D eigenvalue weighted by atomic mass is 19.2. The topological polar surface area (TPSA) is 29.9 Å². The first-order valence-corrected chi connectivity index (χ1v) is 9.28.